The Kier molecular flexibility index (Phi) is 6.84. The molecule has 0 amide bonds. The van der Waals surface area contributed by atoms with Crippen molar-refractivity contribution in [2.45, 2.75) is 51.4 Å². The Bertz CT molecular complexity index is 598. The highest BCUT2D eigenvalue weighted by atomic mass is 35.5. The minimum Gasteiger partial charge on any atom is -0.101 e. The normalized spacial score (nSPS) is 11.3. The largest absolute Gasteiger partial charge is 0.101 e. The Labute approximate surface area is 147 Å². The lowest BCUT2D eigenvalue weighted by atomic mass is 10.1. The Balaban J connectivity index is 3.13. The zero-order valence-electron chi connectivity index (χ0n) is 14.3. The Morgan fingerprint density at radius 2 is 1.05 bits per heavy atom. The van der Waals surface area contributed by atoms with Crippen LogP contribution in [0.4, 0.5) is 0 Å². The Hall–Kier alpha value is -0.646. The van der Waals surface area contributed by atoms with Crippen molar-refractivity contribution >= 4 is 39.3 Å². The van der Waals surface area contributed by atoms with E-state index in [0.717, 1.165) is 23.2 Å². The van der Waals surface area contributed by atoms with Gasteiger partial charge in [-0.05, 0) is 12.1 Å². The minimum atomic E-state index is -1.17. The molecule has 0 aliphatic rings. The van der Waals surface area contributed by atoms with Gasteiger partial charge in [-0.25, -0.2) is 0 Å². The van der Waals surface area contributed by atoms with Crippen molar-refractivity contribution in [2.24, 2.45) is 0 Å². The van der Waals surface area contributed by atoms with E-state index >= 15 is 0 Å². The molecular formula is C18H24Cl2Si2. The third-order valence-electron chi connectivity index (χ3n) is 2.74. The first-order valence-corrected chi connectivity index (χ1v) is 15.6. The summed E-state index contributed by atoms with van der Waals surface area (Å²) < 4.78 is 0. The summed E-state index contributed by atoms with van der Waals surface area (Å²) in [5.74, 6) is 13.0. The molecule has 0 spiro atoms. The maximum atomic E-state index is 6.13. The standard InChI is InChI=1S/C18H24Cl2Si2/c1-21(2,3)11-7-9-15-13-17(19)18(20)14-16(15)10-8-12-22(4,5)6/h13-14H,11-12H2,1-6H3. The van der Waals surface area contributed by atoms with Crippen molar-refractivity contribution in [3.63, 3.8) is 0 Å². The van der Waals surface area contributed by atoms with Gasteiger partial charge in [0.25, 0.3) is 0 Å². The second-order valence-corrected chi connectivity index (χ2v) is 19.7. The number of benzene rings is 1. The van der Waals surface area contributed by atoms with E-state index in [-0.39, 0.29) is 0 Å². The molecule has 118 valence electrons. The molecule has 22 heavy (non-hydrogen) atoms. The molecule has 1 rings (SSSR count). The minimum absolute atomic E-state index is 0.537. The summed E-state index contributed by atoms with van der Waals surface area (Å²) in [5, 5.41) is 1.07. The van der Waals surface area contributed by atoms with E-state index in [1.807, 2.05) is 12.1 Å². The molecule has 0 heterocycles. The molecule has 0 N–H and O–H groups in total. The van der Waals surface area contributed by atoms with Gasteiger partial charge >= 0.3 is 0 Å². The van der Waals surface area contributed by atoms with Gasteiger partial charge < -0.3 is 0 Å². The first-order chi connectivity index (χ1) is 9.98. The maximum Gasteiger partial charge on any atom is 0.0605 e. The van der Waals surface area contributed by atoms with Gasteiger partial charge in [-0.3, -0.25) is 0 Å². The van der Waals surface area contributed by atoms with Crippen molar-refractivity contribution < 1.29 is 0 Å². The average molecular weight is 367 g/mol. The van der Waals surface area contributed by atoms with Gasteiger partial charge in [0.2, 0.25) is 0 Å². The fourth-order valence-corrected chi connectivity index (χ4v) is 3.13. The highest BCUT2D eigenvalue weighted by molar-refractivity contribution is 6.77. The average Bonchev–Trinajstić information content (AvgIpc) is 2.31. The van der Waals surface area contributed by atoms with Crippen LogP contribution in [0, 0.1) is 23.7 Å². The van der Waals surface area contributed by atoms with E-state index in [9.17, 15) is 0 Å². The van der Waals surface area contributed by atoms with Gasteiger partial charge in [0.15, 0.2) is 0 Å². The van der Waals surface area contributed by atoms with Crippen LogP contribution in [0.2, 0.25) is 61.4 Å². The fraction of sp³-hybridized carbons (Fsp3) is 0.444. The summed E-state index contributed by atoms with van der Waals surface area (Å²) in [4.78, 5) is 0. The molecule has 0 unspecified atom stereocenters. The van der Waals surface area contributed by atoms with E-state index in [1.54, 1.807) is 0 Å². The summed E-state index contributed by atoms with van der Waals surface area (Å²) in [5.41, 5.74) is 1.77. The van der Waals surface area contributed by atoms with E-state index in [0.29, 0.717) is 10.0 Å². The molecule has 0 saturated carbocycles. The lowest BCUT2D eigenvalue weighted by Gasteiger charge is -2.10. The zero-order valence-corrected chi connectivity index (χ0v) is 17.8. The van der Waals surface area contributed by atoms with Crippen LogP contribution in [0.1, 0.15) is 11.1 Å². The Morgan fingerprint density at radius 3 is 1.32 bits per heavy atom. The van der Waals surface area contributed by atoms with Gasteiger partial charge in [-0.1, -0.05) is 74.3 Å². The van der Waals surface area contributed by atoms with E-state index in [4.69, 9.17) is 23.2 Å². The van der Waals surface area contributed by atoms with Gasteiger partial charge in [0.05, 0.1) is 26.2 Å². The van der Waals surface area contributed by atoms with E-state index in [1.165, 1.54) is 0 Å². The lowest BCUT2D eigenvalue weighted by Crippen LogP contribution is -2.17. The molecule has 0 saturated heterocycles. The summed E-state index contributed by atoms with van der Waals surface area (Å²) in [7, 11) is -2.33. The third kappa shape index (κ3) is 7.57. The molecule has 0 aliphatic carbocycles. The van der Waals surface area contributed by atoms with E-state index < -0.39 is 16.1 Å². The van der Waals surface area contributed by atoms with Gasteiger partial charge in [-0.15, -0.1) is 11.8 Å². The monoisotopic (exact) mass is 366 g/mol. The highest BCUT2D eigenvalue weighted by Gasteiger charge is 2.11. The van der Waals surface area contributed by atoms with Crippen LogP contribution >= 0.6 is 23.2 Å². The van der Waals surface area contributed by atoms with Crippen LogP contribution < -0.4 is 0 Å². The molecule has 0 radical (unpaired) electrons. The van der Waals surface area contributed by atoms with Crippen LogP contribution in [0.25, 0.3) is 0 Å². The topological polar surface area (TPSA) is 0 Å². The first-order valence-electron chi connectivity index (χ1n) is 7.45. The predicted octanol–water partition coefficient (Wildman–Crippen LogP) is 6.37. The maximum absolute atomic E-state index is 6.13. The summed E-state index contributed by atoms with van der Waals surface area (Å²) >= 11 is 12.3. The van der Waals surface area contributed by atoms with Gasteiger partial charge in [-0.2, -0.15) is 0 Å². The van der Waals surface area contributed by atoms with Crippen molar-refractivity contribution in [1.82, 2.24) is 0 Å². The molecule has 0 bridgehead atoms. The van der Waals surface area contributed by atoms with Crippen LogP contribution in [-0.2, 0) is 0 Å². The summed E-state index contributed by atoms with van der Waals surface area (Å²) in [6.45, 7) is 13.9. The smallest absolute Gasteiger partial charge is 0.0605 e. The molecule has 1 aromatic carbocycles. The molecule has 0 fully saturated rings. The van der Waals surface area contributed by atoms with Crippen molar-refractivity contribution in [3.05, 3.63) is 33.3 Å². The SMILES string of the molecule is C[Si](C)(C)CC#Cc1cc(Cl)c(Cl)cc1C#CC[Si](C)(C)C. The van der Waals surface area contributed by atoms with Crippen LogP contribution in [0.5, 0.6) is 0 Å². The summed E-state index contributed by atoms with van der Waals surface area (Å²) in [6, 6.07) is 5.60. The first kappa shape index (κ1) is 19.4. The van der Waals surface area contributed by atoms with Gasteiger partial charge in [0.1, 0.15) is 0 Å². The molecule has 1 aromatic rings. The lowest BCUT2D eigenvalue weighted by molar-refractivity contribution is 1.53. The summed E-state index contributed by atoms with van der Waals surface area (Å²) in [6.07, 6.45) is 0. The van der Waals surface area contributed by atoms with E-state index in [2.05, 4.69) is 63.0 Å². The van der Waals surface area contributed by atoms with Crippen LogP contribution in [-0.4, -0.2) is 16.1 Å². The quantitative estimate of drug-likeness (QED) is 0.421. The number of hydrogen-bond donors (Lipinski definition) is 0. The van der Waals surface area contributed by atoms with Crippen molar-refractivity contribution in [2.75, 3.05) is 0 Å². The van der Waals surface area contributed by atoms with Crippen molar-refractivity contribution in [3.8, 4) is 23.7 Å². The second-order valence-electron chi connectivity index (χ2n) is 7.89. The second kappa shape index (κ2) is 7.76. The fourth-order valence-electron chi connectivity index (χ4n) is 1.56. The molecule has 0 aromatic heterocycles. The third-order valence-corrected chi connectivity index (χ3v) is 5.94. The van der Waals surface area contributed by atoms with Crippen molar-refractivity contribution in [1.29, 1.82) is 0 Å². The molecular weight excluding hydrogens is 343 g/mol. The molecule has 4 heteroatoms. The zero-order chi connectivity index (χ0) is 17.0. The van der Waals surface area contributed by atoms with Crippen LogP contribution in [0.3, 0.4) is 0 Å². The highest BCUT2D eigenvalue weighted by Crippen LogP contribution is 2.25. The predicted molar refractivity (Wildman–Crippen MR) is 107 cm³/mol. The van der Waals surface area contributed by atoms with Crippen LogP contribution in [0.15, 0.2) is 12.1 Å². The molecule has 0 atom stereocenters. The number of hydrogen-bond acceptors (Lipinski definition) is 0. The number of halogens is 2. The molecule has 0 nitrogen and oxygen atoms in total. The van der Waals surface area contributed by atoms with Gasteiger partial charge in [0, 0.05) is 23.2 Å². The Morgan fingerprint density at radius 1 is 0.727 bits per heavy atom. The number of rotatable bonds is 2. The molecule has 0 aliphatic heterocycles.